The molecule has 6 nitrogen and oxygen atoms in total. The van der Waals surface area contributed by atoms with Crippen LogP contribution in [0.25, 0.3) is 0 Å². The van der Waals surface area contributed by atoms with Crippen LogP contribution < -0.4 is 16.0 Å². The molecule has 1 aromatic rings. The van der Waals surface area contributed by atoms with Gasteiger partial charge in [0, 0.05) is 32.1 Å². The highest BCUT2D eigenvalue weighted by atomic mass is 16.1. The third-order valence-corrected chi connectivity index (χ3v) is 4.00. The first-order chi connectivity index (χ1) is 10.1. The first kappa shape index (κ1) is 15.5. The van der Waals surface area contributed by atoms with Crippen LogP contribution in [-0.4, -0.2) is 36.0 Å². The molecule has 0 spiro atoms. The highest BCUT2D eigenvalue weighted by molar-refractivity contribution is 5.77. The third kappa shape index (κ3) is 3.43. The molecule has 6 heteroatoms. The van der Waals surface area contributed by atoms with E-state index in [-0.39, 0.29) is 11.8 Å². The summed E-state index contributed by atoms with van der Waals surface area (Å²) in [6.45, 7) is 5.70. The zero-order valence-corrected chi connectivity index (χ0v) is 13.1. The lowest BCUT2D eigenvalue weighted by Crippen LogP contribution is -2.42. The molecule has 0 bridgehead atoms. The van der Waals surface area contributed by atoms with E-state index in [0.717, 1.165) is 55.3 Å². The summed E-state index contributed by atoms with van der Waals surface area (Å²) in [7, 11) is 1.87. The Hall–Kier alpha value is -1.85. The van der Waals surface area contributed by atoms with Gasteiger partial charge in [-0.25, -0.2) is 9.97 Å². The topological polar surface area (TPSA) is 84.1 Å². The summed E-state index contributed by atoms with van der Waals surface area (Å²) in [5, 5.41) is 3.14. The molecule has 0 saturated carbocycles. The largest absolute Gasteiger partial charge is 0.373 e. The number of carbonyl (C=O) groups is 1. The number of aromatic nitrogens is 2. The summed E-state index contributed by atoms with van der Waals surface area (Å²) in [5.74, 6) is 2.35. The van der Waals surface area contributed by atoms with Crippen LogP contribution in [0.5, 0.6) is 0 Å². The number of primary amides is 1. The number of hydrogen-bond donors (Lipinski definition) is 2. The zero-order valence-electron chi connectivity index (χ0n) is 13.1. The van der Waals surface area contributed by atoms with Gasteiger partial charge in [0.15, 0.2) is 0 Å². The van der Waals surface area contributed by atoms with E-state index >= 15 is 0 Å². The van der Waals surface area contributed by atoms with E-state index in [4.69, 9.17) is 10.7 Å². The van der Waals surface area contributed by atoms with Crippen molar-refractivity contribution in [3.63, 3.8) is 0 Å². The maximum absolute atomic E-state index is 11.5. The fourth-order valence-electron chi connectivity index (χ4n) is 2.84. The van der Waals surface area contributed by atoms with E-state index in [1.807, 2.05) is 14.0 Å². The molecule has 1 saturated heterocycles. The fourth-order valence-corrected chi connectivity index (χ4v) is 2.84. The van der Waals surface area contributed by atoms with E-state index in [9.17, 15) is 4.79 Å². The highest BCUT2D eigenvalue weighted by Gasteiger charge is 2.26. The Kier molecular flexibility index (Phi) is 4.98. The van der Waals surface area contributed by atoms with Gasteiger partial charge in [-0.05, 0) is 26.2 Å². The lowest BCUT2D eigenvalue weighted by molar-refractivity contribution is -0.122. The van der Waals surface area contributed by atoms with Crippen molar-refractivity contribution in [1.29, 1.82) is 0 Å². The standard InChI is InChI=1S/C15H25N5O/c1-4-6-12-18-14(17-3)10(2)15(19-12)20-8-5-7-11(9-20)13(16)21/h11H,4-9H2,1-3H3,(H2,16,21)(H,17,18,19). The number of nitrogens with one attached hydrogen (secondary N) is 1. The Morgan fingerprint density at radius 2 is 2.24 bits per heavy atom. The van der Waals surface area contributed by atoms with Gasteiger partial charge in [-0.15, -0.1) is 0 Å². The number of hydrogen-bond acceptors (Lipinski definition) is 5. The summed E-state index contributed by atoms with van der Waals surface area (Å²) in [5.41, 5.74) is 6.50. The van der Waals surface area contributed by atoms with Gasteiger partial charge in [0.25, 0.3) is 0 Å². The minimum absolute atomic E-state index is 0.0826. The van der Waals surface area contributed by atoms with Crippen LogP contribution >= 0.6 is 0 Å². The second-order valence-corrected chi connectivity index (χ2v) is 5.62. The maximum atomic E-state index is 11.5. The number of piperidine rings is 1. The summed E-state index contributed by atoms with van der Waals surface area (Å²) >= 11 is 0. The molecule has 21 heavy (non-hydrogen) atoms. The second-order valence-electron chi connectivity index (χ2n) is 5.62. The van der Waals surface area contributed by atoms with Crippen LogP contribution in [0.4, 0.5) is 11.6 Å². The molecule has 1 fully saturated rings. The quantitative estimate of drug-likeness (QED) is 0.858. The van der Waals surface area contributed by atoms with E-state index < -0.39 is 0 Å². The Morgan fingerprint density at radius 3 is 2.86 bits per heavy atom. The molecule has 1 aliphatic rings. The number of rotatable bonds is 5. The molecule has 1 aliphatic heterocycles. The van der Waals surface area contributed by atoms with Crippen LogP contribution in [0.1, 0.15) is 37.6 Å². The summed E-state index contributed by atoms with van der Waals surface area (Å²) in [6.07, 6.45) is 3.70. The summed E-state index contributed by atoms with van der Waals surface area (Å²) in [4.78, 5) is 22.9. The van der Waals surface area contributed by atoms with Crippen molar-refractivity contribution in [2.24, 2.45) is 11.7 Å². The Balaban J connectivity index is 2.32. The number of nitrogens with two attached hydrogens (primary N) is 1. The van der Waals surface area contributed by atoms with Crippen LogP contribution in [0.2, 0.25) is 0 Å². The van der Waals surface area contributed by atoms with Crippen molar-refractivity contribution in [3.05, 3.63) is 11.4 Å². The Bertz CT molecular complexity index is 517. The van der Waals surface area contributed by atoms with E-state index in [1.165, 1.54) is 0 Å². The van der Waals surface area contributed by atoms with Crippen molar-refractivity contribution in [1.82, 2.24) is 9.97 Å². The second kappa shape index (κ2) is 6.74. The van der Waals surface area contributed by atoms with Gasteiger partial charge in [0.2, 0.25) is 5.91 Å². The lowest BCUT2D eigenvalue weighted by atomic mass is 9.97. The molecule has 1 amide bonds. The van der Waals surface area contributed by atoms with E-state index in [2.05, 4.69) is 22.1 Å². The molecule has 3 N–H and O–H groups in total. The fraction of sp³-hybridized carbons (Fsp3) is 0.667. The zero-order chi connectivity index (χ0) is 15.4. The number of amides is 1. The molecule has 0 aromatic carbocycles. The molecular formula is C15H25N5O. The van der Waals surface area contributed by atoms with Crippen LogP contribution in [0.3, 0.4) is 0 Å². The van der Waals surface area contributed by atoms with Crippen molar-refractivity contribution >= 4 is 17.5 Å². The molecule has 116 valence electrons. The average Bonchev–Trinajstić information content (AvgIpc) is 2.49. The summed E-state index contributed by atoms with van der Waals surface area (Å²) < 4.78 is 0. The van der Waals surface area contributed by atoms with E-state index in [1.54, 1.807) is 0 Å². The molecule has 2 rings (SSSR count). The van der Waals surface area contributed by atoms with Gasteiger partial charge in [-0.1, -0.05) is 6.92 Å². The predicted octanol–water partition coefficient (Wildman–Crippen LogP) is 1.48. The first-order valence-corrected chi connectivity index (χ1v) is 7.66. The monoisotopic (exact) mass is 291 g/mol. The van der Waals surface area contributed by atoms with Gasteiger partial charge in [-0.2, -0.15) is 0 Å². The van der Waals surface area contributed by atoms with Crippen molar-refractivity contribution in [3.8, 4) is 0 Å². The van der Waals surface area contributed by atoms with Crippen molar-refractivity contribution < 1.29 is 4.79 Å². The summed E-state index contributed by atoms with van der Waals surface area (Å²) in [6, 6.07) is 0. The maximum Gasteiger partial charge on any atom is 0.222 e. The number of anilines is 2. The molecule has 1 atom stereocenters. The molecule has 1 unspecified atom stereocenters. The van der Waals surface area contributed by atoms with E-state index in [0.29, 0.717) is 6.54 Å². The number of aryl methyl sites for hydroxylation is 1. The van der Waals surface area contributed by atoms with Crippen molar-refractivity contribution in [2.75, 3.05) is 30.4 Å². The number of nitrogens with zero attached hydrogens (tertiary/aromatic N) is 3. The lowest BCUT2D eigenvalue weighted by Gasteiger charge is -2.33. The smallest absolute Gasteiger partial charge is 0.222 e. The van der Waals surface area contributed by atoms with Crippen LogP contribution in [0.15, 0.2) is 0 Å². The van der Waals surface area contributed by atoms with Crippen molar-refractivity contribution in [2.45, 2.75) is 39.5 Å². The van der Waals surface area contributed by atoms with Crippen LogP contribution in [0, 0.1) is 12.8 Å². The molecule has 1 aromatic heterocycles. The van der Waals surface area contributed by atoms with Gasteiger partial charge in [0.05, 0.1) is 5.92 Å². The minimum Gasteiger partial charge on any atom is -0.373 e. The van der Waals surface area contributed by atoms with Gasteiger partial charge in [0.1, 0.15) is 17.5 Å². The highest BCUT2D eigenvalue weighted by Crippen LogP contribution is 2.28. The van der Waals surface area contributed by atoms with Gasteiger partial charge in [-0.3, -0.25) is 4.79 Å². The third-order valence-electron chi connectivity index (χ3n) is 4.00. The normalized spacial score (nSPS) is 18.6. The first-order valence-electron chi connectivity index (χ1n) is 7.66. The molecule has 2 heterocycles. The SMILES string of the molecule is CCCc1nc(NC)c(C)c(N2CCCC(C(N)=O)C2)n1. The van der Waals surface area contributed by atoms with Gasteiger partial charge >= 0.3 is 0 Å². The van der Waals surface area contributed by atoms with Gasteiger partial charge < -0.3 is 16.0 Å². The average molecular weight is 291 g/mol. The number of carbonyl (C=O) groups excluding carboxylic acids is 1. The Labute approximate surface area is 126 Å². The predicted molar refractivity (Wildman–Crippen MR) is 84.4 cm³/mol. The Morgan fingerprint density at radius 1 is 1.48 bits per heavy atom. The minimum atomic E-state index is -0.214. The molecular weight excluding hydrogens is 266 g/mol. The molecule has 0 radical (unpaired) electrons. The van der Waals surface area contributed by atoms with Crippen LogP contribution in [-0.2, 0) is 11.2 Å². The molecule has 0 aliphatic carbocycles.